The maximum atomic E-state index is 13.5. The third kappa shape index (κ3) is 3.96. The van der Waals surface area contributed by atoms with E-state index < -0.39 is 28.9 Å². The molecule has 6 nitrogen and oxygen atoms in total. The molecule has 2 saturated heterocycles. The summed E-state index contributed by atoms with van der Waals surface area (Å²) in [5.74, 6) is -2.47. The Morgan fingerprint density at radius 3 is 2.20 bits per heavy atom. The fourth-order valence-electron chi connectivity index (χ4n) is 5.02. The lowest BCUT2D eigenvalue weighted by Crippen LogP contribution is -2.67. The molecule has 1 atom stereocenters. The smallest absolute Gasteiger partial charge is 0.321 e. The van der Waals surface area contributed by atoms with Crippen molar-refractivity contribution in [3.05, 3.63) is 89.7 Å². The Bertz CT molecular complexity index is 1270. The number of nitrogens with one attached hydrogen (secondary N) is 1. The highest BCUT2D eigenvalue weighted by Gasteiger charge is 2.62. The van der Waals surface area contributed by atoms with E-state index in [2.05, 4.69) is 5.32 Å². The standard InChI is InChI=1S/C26H22F3N3O3/c27-17-3-6-19(7-4-17)32-23(16-1-8-20(33)9-2-16)26(24(32)34)11-13-31(14-12-26)25(35)30-18-5-10-21(28)22(29)15-18/h1-10,15,23,33H,11-14H2,(H,30,35). The third-order valence-electron chi connectivity index (χ3n) is 6.85. The highest BCUT2D eigenvalue weighted by Crippen LogP contribution is 2.57. The summed E-state index contributed by atoms with van der Waals surface area (Å²) in [6.07, 6.45) is 0.778. The summed E-state index contributed by atoms with van der Waals surface area (Å²) in [5.41, 5.74) is 0.771. The number of phenolic OH excluding ortho intramolecular Hbond substituents is 1. The number of piperidine rings is 1. The Morgan fingerprint density at radius 2 is 1.57 bits per heavy atom. The molecule has 3 amide bonds. The Balaban J connectivity index is 1.36. The number of urea groups is 1. The zero-order chi connectivity index (χ0) is 24.7. The number of hydrogen-bond donors (Lipinski definition) is 2. The van der Waals surface area contributed by atoms with Crippen molar-refractivity contribution >= 4 is 23.3 Å². The third-order valence-corrected chi connectivity index (χ3v) is 6.85. The van der Waals surface area contributed by atoms with E-state index in [1.807, 2.05) is 0 Å². The van der Waals surface area contributed by atoms with Gasteiger partial charge in [0.05, 0.1) is 11.5 Å². The number of rotatable bonds is 3. The summed E-state index contributed by atoms with van der Waals surface area (Å²) in [5, 5.41) is 12.3. The fourth-order valence-corrected chi connectivity index (χ4v) is 5.02. The molecule has 35 heavy (non-hydrogen) atoms. The van der Waals surface area contributed by atoms with E-state index in [9.17, 15) is 27.9 Å². The van der Waals surface area contributed by atoms with E-state index in [0.29, 0.717) is 18.5 Å². The fraction of sp³-hybridized carbons (Fsp3) is 0.231. The van der Waals surface area contributed by atoms with Crippen LogP contribution in [0, 0.1) is 22.9 Å². The molecule has 2 aliphatic rings. The largest absolute Gasteiger partial charge is 0.508 e. The second kappa shape index (κ2) is 8.65. The lowest BCUT2D eigenvalue weighted by atomic mass is 9.62. The minimum absolute atomic E-state index is 0.102. The molecule has 1 unspecified atom stereocenters. The van der Waals surface area contributed by atoms with Gasteiger partial charge >= 0.3 is 6.03 Å². The lowest BCUT2D eigenvalue weighted by molar-refractivity contribution is -0.144. The minimum atomic E-state index is -1.06. The molecule has 0 aromatic heterocycles. The van der Waals surface area contributed by atoms with Crippen molar-refractivity contribution in [1.82, 2.24) is 4.90 Å². The van der Waals surface area contributed by atoms with Crippen molar-refractivity contribution in [3.8, 4) is 5.75 Å². The predicted octanol–water partition coefficient (Wildman–Crippen LogP) is 5.21. The topological polar surface area (TPSA) is 72.9 Å². The predicted molar refractivity (Wildman–Crippen MR) is 123 cm³/mol. The molecule has 2 heterocycles. The highest BCUT2D eigenvalue weighted by molar-refractivity contribution is 6.06. The average Bonchev–Trinajstić information content (AvgIpc) is 2.86. The summed E-state index contributed by atoms with van der Waals surface area (Å²) in [6.45, 7) is 0.570. The van der Waals surface area contributed by atoms with Gasteiger partial charge in [0.15, 0.2) is 11.6 Å². The van der Waals surface area contributed by atoms with E-state index in [-0.39, 0.29) is 36.5 Å². The normalized spacial score (nSPS) is 18.9. The van der Waals surface area contributed by atoms with Crippen LogP contribution in [-0.4, -0.2) is 35.0 Å². The zero-order valence-electron chi connectivity index (χ0n) is 18.5. The summed E-state index contributed by atoms with van der Waals surface area (Å²) < 4.78 is 40.1. The molecule has 0 bridgehead atoms. The monoisotopic (exact) mass is 481 g/mol. The number of β-lactam (4-membered cyclic amide) rings is 1. The maximum absolute atomic E-state index is 13.5. The molecule has 5 rings (SSSR count). The molecule has 2 N–H and O–H groups in total. The Morgan fingerprint density at radius 1 is 0.914 bits per heavy atom. The van der Waals surface area contributed by atoms with Crippen molar-refractivity contribution in [2.75, 3.05) is 23.3 Å². The number of aromatic hydroxyl groups is 1. The van der Waals surface area contributed by atoms with E-state index in [4.69, 9.17) is 0 Å². The van der Waals surface area contributed by atoms with Gasteiger partial charge in [-0.25, -0.2) is 18.0 Å². The Hall–Kier alpha value is -4.01. The summed E-state index contributed by atoms with van der Waals surface area (Å²) >= 11 is 0. The molecule has 2 aliphatic heterocycles. The molecule has 3 aromatic rings. The number of phenols is 1. The first-order chi connectivity index (χ1) is 16.8. The van der Waals surface area contributed by atoms with Crippen molar-refractivity contribution in [2.45, 2.75) is 18.9 Å². The first-order valence-electron chi connectivity index (χ1n) is 11.2. The van der Waals surface area contributed by atoms with Crippen LogP contribution in [0.2, 0.25) is 0 Å². The number of amides is 3. The molecule has 2 fully saturated rings. The molecule has 0 radical (unpaired) electrons. The number of halogens is 3. The van der Waals surface area contributed by atoms with Gasteiger partial charge in [-0.3, -0.25) is 4.79 Å². The van der Waals surface area contributed by atoms with Crippen LogP contribution < -0.4 is 10.2 Å². The van der Waals surface area contributed by atoms with E-state index in [1.54, 1.807) is 41.3 Å². The summed E-state index contributed by atoms with van der Waals surface area (Å²) in [4.78, 5) is 29.4. The zero-order valence-corrected chi connectivity index (χ0v) is 18.5. The van der Waals surface area contributed by atoms with Crippen LogP contribution in [0.1, 0.15) is 24.4 Å². The van der Waals surface area contributed by atoms with Gasteiger partial charge in [-0.2, -0.15) is 0 Å². The molecule has 3 aromatic carbocycles. The van der Waals surface area contributed by atoms with Gasteiger partial charge in [-0.15, -0.1) is 0 Å². The Kier molecular flexibility index (Phi) is 5.62. The number of carbonyl (C=O) groups is 2. The van der Waals surface area contributed by atoms with E-state index in [0.717, 1.165) is 17.7 Å². The van der Waals surface area contributed by atoms with Crippen molar-refractivity contribution in [2.24, 2.45) is 5.41 Å². The van der Waals surface area contributed by atoms with Gasteiger partial charge in [0.1, 0.15) is 11.6 Å². The molecular formula is C26H22F3N3O3. The highest BCUT2D eigenvalue weighted by atomic mass is 19.2. The average molecular weight is 481 g/mol. The molecule has 1 spiro atoms. The van der Waals surface area contributed by atoms with Gasteiger partial charge in [0.2, 0.25) is 5.91 Å². The number of benzene rings is 3. The van der Waals surface area contributed by atoms with E-state index >= 15 is 0 Å². The molecule has 0 saturated carbocycles. The van der Waals surface area contributed by atoms with Gasteiger partial charge in [0, 0.05) is 30.5 Å². The van der Waals surface area contributed by atoms with Gasteiger partial charge in [-0.1, -0.05) is 12.1 Å². The maximum Gasteiger partial charge on any atom is 0.321 e. The van der Waals surface area contributed by atoms with Gasteiger partial charge in [0.25, 0.3) is 0 Å². The second-order valence-electron chi connectivity index (χ2n) is 8.85. The number of nitrogens with zero attached hydrogens (tertiary/aromatic N) is 2. The lowest BCUT2D eigenvalue weighted by Gasteiger charge is -2.59. The first kappa shape index (κ1) is 22.8. The van der Waals surface area contributed by atoms with Crippen LogP contribution in [0.3, 0.4) is 0 Å². The van der Waals surface area contributed by atoms with Crippen LogP contribution in [-0.2, 0) is 4.79 Å². The van der Waals surface area contributed by atoms with Crippen molar-refractivity contribution in [1.29, 1.82) is 0 Å². The van der Waals surface area contributed by atoms with Gasteiger partial charge in [-0.05, 0) is 66.9 Å². The molecule has 180 valence electrons. The second-order valence-corrected chi connectivity index (χ2v) is 8.85. The molecule has 9 heteroatoms. The summed E-state index contributed by atoms with van der Waals surface area (Å²) in [7, 11) is 0. The van der Waals surface area contributed by atoms with Crippen LogP contribution >= 0.6 is 0 Å². The van der Waals surface area contributed by atoms with Crippen molar-refractivity contribution < 1.29 is 27.9 Å². The molecular weight excluding hydrogens is 459 g/mol. The number of likely N-dealkylation sites (tertiary alicyclic amines) is 1. The Labute approximate surface area is 199 Å². The van der Waals surface area contributed by atoms with Crippen LogP contribution in [0.15, 0.2) is 66.7 Å². The quantitative estimate of drug-likeness (QED) is 0.505. The number of hydrogen-bond acceptors (Lipinski definition) is 3. The SMILES string of the molecule is O=C(Nc1ccc(F)c(F)c1)N1CCC2(CC1)C(=O)N(c1ccc(F)cc1)C2c1ccc(O)cc1. The number of anilines is 2. The van der Waals surface area contributed by atoms with Crippen LogP contribution in [0.25, 0.3) is 0 Å². The van der Waals surface area contributed by atoms with Crippen LogP contribution in [0.5, 0.6) is 5.75 Å². The number of carbonyl (C=O) groups excluding carboxylic acids is 2. The van der Waals surface area contributed by atoms with Gasteiger partial charge < -0.3 is 20.2 Å². The minimum Gasteiger partial charge on any atom is -0.508 e. The van der Waals surface area contributed by atoms with Crippen molar-refractivity contribution in [3.63, 3.8) is 0 Å². The molecule has 0 aliphatic carbocycles. The van der Waals surface area contributed by atoms with Crippen LogP contribution in [0.4, 0.5) is 29.3 Å². The summed E-state index contributed by atoms with van der Waals surface area (Å²) in [6, 6.07) is 14.6. The van der Waals surface area contributed by atoms with E-state index in [1.165, 1.54) is 23.1 Å². The first-order valence-corrected chi connectivity index (χ1v) is 11.2.